The second kappa shape index (κ2) is 12.6. The minimum absolute atomic E-state index is 0.0950. The quantitative estimate of drug-likeness (QED) is 0.442. The lowest BCUT2D eigenvalue weighted by Gasteiger charge is -2.33. The van der Waals surface area contributed by atoms with Crippen LogP contribution in [0.15, 0.2) is 48.5 Å². The van der Waals surface area contributed by atoms with E-state index in [1.54, 1.807) is 29.2 Å². The number of anilines is 1. The number of carbonyl (C=O) groups is 2. The first-order valence-corrected chi connectivity index (χ1v) is 14.3. The van der Waals surface area contributed by atoms with Crippen LogP contribution in [0.4, 0.5) is 5.69 Å². The summed E-state index contributed by atoms with van der Waals surface area (Å²) < 4.78 is 26.1. The lowest BCUT2D eigenvalue weighted by molar-refractivity contribution is -0.142. The summed E-state index contributed by atoms with van der Waals surface area (Å²) in [5.74, 6) is -0.405. The molecule has 1 N–H and O–H groups in total. The minimum atomic E-state index is -3.58. The standard InChI is InChI=1S/C27H38ClN3O4S/c1-7-24(26(33)29-27(3,4)5)30(19-21-13-9-8-12-20(21)2)25(32)16-11-17-31(36(6,34)35)23-15-10-14-22(28)18-23/h8-10,12-15,18,24H,7,11,16-17,19H2,1-6H3,(H,29,33)/t24-/m1/s1. The number of hydrogen-bond acceptors (Lipinski definition) is 4. The number of halogens is 1. The van der Waals surface area contributed by atoms with E-state index in [9.17, 15) is 18.0 Å². The Morgan fingerprint density at radius 2 is 1.75 bits per heavy atom. The molecule has 9 heteroatoms. The Bertz CT molecular complexity index is 1160. The van der Waals surface area contributed by atoms with E-state index in [1.165, 1.54) is 4.31 Å². The van der Waals surface area contributed by atoms with Gasteiger partial charge in [-0.1, -0.05) is 48.9 Å². The predicted molar refractivity (Wildman–Crippen MR) is 147 cm³/mol. The van der Waals surface area contributed by atoms with E-state index in [4.69, 9.17) is 11.6 Å². The molecule has 0 aliphatic heterocycles. The summed E-state index contributed by atoms with van der Waals surface area (Å²) in [4.78, 5) is 28.3. The molecule has 198 valence electrons. The van der Waals surface area contributed by atoms with E-state index in [2.05, 4.69) is 5.32 Å². The zero-order chi connectivity index (χ0) is 27.1. The first kappa shape index (κ1) is 29.6. The first-order chi connectivity index (χ1) is 16.7. The Labute approximate surface area is 220 Å². The van der Waals surface area contributed by atoms with Crippen LogP contribution in [0.1, 0.15) is 58.1 Å². The van der Waals surface area contributed by atoms with E-state index in [1.807, 2.05) is 58.9 Å². The lowest BCUT2D eigenvalue weighted by atomic mass is 10.0. The van der Waals surface area contributed by atoms with Crippen molar-refractivity contribution < 1.29 is 18.0 Å². The molecule has 7 nitrogen and oxygen atoms in total. The molecule has 0 aliphatic carbocycles. The molecule has 36 heavy (non-hydrogen) atoms. The maximum atomic E-state index is 13.5. The van der Waals surface area contributed by atoms with Crippen LogP contribution in [0.2, 0.25) is 5.02 Å². The van der Waals surface area contributed by atoms with Gasteiger partial charge in [-0.15, -0.1) is 0 Å². The molecule has 0 radical (unpaired) electrons. The van der Waals surface area contributed by atoms with Gasteiger partial charge in [0.25, 0.3) is 0 Å². The molecular formula is C27H38ClN3O4S. The van der Waals surface area contributed by atoms with Gasteiger partial charge in [-0.2, -0.15) is 0 Å². The van der Waals surface area contributed by atoms with Gasteiger partial charge in [0.05, 0.1) is 11.9 Å². The smallest absolute Gasteiger partial charge is 0.243 e. The Kier molecular flexibility index (Phi) is 10.4. The predicted octanol–water partition coefficient (Wildman–Crippen LogP) is 4.92. The van der Waals surface area contributed by atoms with Gasteiger partial charge in [-0.3, -0.25) is 13.9 Å². The Balaban J connectivity index is 2.25. The van der Waals surface area contributed by atoms with E-state index < -0.39 is 21.6 Å². The highest BCUT2D eigenvalue weighted by Crippen LogP contribution is 2.23. The summed E-state index contributed by atoms with van der Waals surface area (Å²) in [5, 5.41) is 3.42. The summed E-state index contributed by atoms with van der Waals surface area (Å²) in [6, 6.07) is 13.7. The number of carbonyl (C=O) groups excluding carboxylic acids is 2. The molecule has 2 rings (SSSR count). The number of amides is 2. The van der Waals surface area contributed by atoms with Gasteiger partial charge in [-0.25, -0.2) is 8.42 Å². The van der Waals surface area contributed by atoms with Crippen molar-refractivity contribution in [1.29, 1.82) is 0 Å². The van der Waals surface area contributed by atoms with Crippen molar-refractivity contribution in [3.63, 3.8) is 0 Å². The highest BCUT2D eigenvalue weighted by molar-refractivity contribution is 7.92. The summed E-state index contributed by atoms with van der Waals surface area (Å²) in [6.07, 6.45) is 1.97. The zero-order valence-electron chi connectivity index (χ0n) is 22.0. The molecule has 0 saturated carbocycles. The van der Waals surface area contributed by atoms with Gasteiger partial charge in [-0.05, 0) is 69.9 Å². The number of sulfonamides is 1. The summed E-state index contributed by atoms with van der Waals surface area (Å²) >= 11 is 6.06. The van der Waals surface area contributed by atoms with Crippen LogP contribution in [-0.4, -0.2) is 49.5 Å². The molecule has 0 aliphatic rings. The third kappa shape index (κ3) is 8.82. The summed E-state index contributed by atoms with van der Waals surface area (Å²) in [7, 11) is -3.58. The highest BCUT2D eigenvalue weighted by atomic mass is 35.5. The lowest BCUT2D eigenvalue weighted by Crippen LogP contribution is -2.53. The number of hydrogen-bond donors (Lipinski definition) is 1. The highest BCUT2D eigenvalue weighted by Gasteiger charge is 2.31. The van der Waals surface area contributed by atoms with Gasteiger partial charge in [0.15, 0.2) is 0 Å². The van der Waals surface area contributed by atoms with Crippen molar-refractivity contribution in [1.82, 2.24) is 10.2 Å². The average Bonchev–Trinajstić information content (AvgIpc) is 2.75. The van der Waals surface area contributed by atoms with Crippen molar-refractivity contribution in [2.45, 2.75) is 72.0 Å². The topological polar surface area (TPSA) is 86.8 Å². The van der Waals surface area contributed by atoms with Crippen molar-refractivity contribution in [2.75, 3.05) is 17.1 Å². The molecule has 0 bridgehead atoms. The largest absolute Gasteiger partial charge is 0.350 e. The Morgan fingerprint density at radius 1 is 1.08 bits per heavy atom. The molecule has 1 atom stereocenters. The second-order valence-corrected chi connectivity index (χ2v) is 12.4. The normalized spacial score (nSPS) is 12.6. The fraction of sp³-hybridized carbons (Fsp3) is 0.481. The van der Waals surface area contributed by atoms with Crippen LogP contribution in [0.5, 0.6) is 0 Å². The molecule has 2 amide bonds. The van der Waals surface area contributed by atoms with E-state index in [-0.39, 0.29) is 24.8 Å². The van der Waals surface area contributed by atoms with Gasteiger partial charge in [0, 0.05) is 30.1 Å². The number of rotatable bonds is 11. The van der Waals surface area contributed by atoms with Crippen molar-refractivity contribution in [3.8, 4) is 0 Å². The summed E-state index contributed by atoms with van der Waals surface area (Å²) in [6.45, 7) is 9.99. The molecule has 0 fully saturated rings. The SMILES string of the molecule is CC[C@H](C(=O)NC(C)(C)C)N(Cc1ccccc1C)C(=O)CCCN(c1cccc(Cl)c1)S(C)(=O)=O. The summed E-state index contributed by atoms with van der Waals surface area (Å²) in [5.41, 5.74) is 2.01. The van der Waals surface area contributed by atoms with E-state index >= 15 is 0 Å². The van der Waals surface area contributed by atoms with Crippen molar-refractivity contribution >= 4 is 39.1 Å². The van der Waals surface area contributed by atoms with E-state index in [0.29, 0.717) is 30.1 Å². The van der Waals surface area contributed by atoms with Gasteiger partial charge >= 0.3 is 0 Å². The third-order valence-electron chi connectivity index (χ3n) is 5.73. The van der Waals surface area contributed by atoms with Crippen LogP contribution in [0, 0.1) is 6.92 Å². The number of benzene rings is 2. The van der Waals surface area contributed by atoms with Crippen molar-refractivity contribution in [2.24, 2.45) is 0 Å². The van der Waals surface area contributed by atoms with Crippen LogP contribution in [-0.2, 0) is 26.2 Å². The first-order valence-electron chi connectivity index (χ1n) is 12.1. The van der Waals surface area contributed by atoms with E-state index in [0.717, 1.165) is 17.4 Å². The van der Waals surface area contributed by atoms with Gasteiger partial charge in [0.2, 0.25) is 21.8 Å². The number of nitrogens with zero attached hydrogens (tertiary/aromatic N) is 2. The molecule has 2 aromatic rings. The number of aryl methyl sites for hydroxylation is 1. The molecule has 0 spiro atoms. The third-order valence-corrected chi connectivity index (χ3v) is 7.16. The Hall–Kier alpha value is -2.58. The zero-order valence-corrected chi connectivity index (χ0v) is 23.6. The fourth-order valence-electron chi connectivity index (χ4n) is 3.98. The molecular weight excluding hydrogens is 498 g/mol. The molecule has 0 saturated heterocycles. The molecule has 0 aromatic heterocycles. The van der Waals surface area contributed by atoms with Gasteiger partial charge < -0.3 is 10.2 Å². The van der Waals surface area contributed by atoms with Crippen LogP contribution >= 0.6 is 11.6 Å². The van der Waals surface area contributed by atoms with Crippen LogP contribution in [0.3, 0.4) is 0 Å². The monoisotopic (exact) mass is 535 g/mol. The number of nitrogens with one attached hydrogen (secondary N) is 1. The maximum Gasteiger partial charge on any atom is 0.243 e. The Morgan fingerprint density at radius 3 is 2.31 bits per heavy atom. The van der Waals surface area contributed by atoms with Gasteiger partial charge in [0.1, 0.15) is 6.04 Å². The van der Waals surface area contributed by atoms with Crippen molar-refractivity contribution in [3.05, 3.63) is 64.7 Å². The maximum absolute atomic E-state index is 13.5. The van der Waals surface area contributed by atoms with Crippen LogP contribution in [0.25, 0.3) is 0 Å². The fourth-order valence-corrected chi connectivity index (χ4v) is 5.12. The molecule has 2 aromatic carbocycles. The second-order valence-electron chi connectivity index (χ2n) is 10.0. The average molecular weight is 536 g/mol. The minimum Gasteiger partial charge on any atom is -0.350 e. The molecule has 0 unspecified atom stereocenters. The van der Waals surface area contributed by atoms with Crippen LogP contribution < -0.4 is 9.62 Å². The molecule has 0 heterocycles.